The van der Waals surface area contributed by atoms with Crippen molar-refractivity contribution in [2.24, 2.45) is 0 Å². The monoisotopic (exact) mass is 430 g/mol. The number of aromatic nitrogens is 2. The number of nitrogens with zero attached hydrogens (tertiary/aromatic N) is 3. The lowest BCUT2D eigenvalue weighted by molar-refractivity contribution is 0.299. The van der Waals surface area contributed by atoms with Crippen LogP contribution in [0.15, 0.2) is 47.6 Å². The molecule has 0 amide bonds. The van der Waals surface area contributed by atoms with Crippen LogP contribution >= 0.6 is 35.0 Å². The molecule has 2 N–H and O–H groups in total. The fraction of sp³-hybridized carbons (Fsp3) is 0.150. The van der Waals surface area contributed by atoms with Gasteiger partial charge in [-0.3, -0.25) is 0 Å². The molecule has 0 aliphatic heterocycles. The number of aryl methyl sites for hydroxylation is 1. The number of hydrogen-bond acceptors (Lipinski definition) is 6. The van der Waals surface area contributed by atoms with Crippen LogP contribution in [0.2, 0.25) is 10.0 Å². The number of thioether (sulfide) groups is 1. The molecule has 5 nitrogen and oxygen atoms in total. The highest BCUT2D eigenvalue weighted by Crippen LogP contribution is 2.28. The van der Waals surface area contributed by atoms with E-state index in [2.05, 4.69) is 16.0 Å². The zero-order valence-electron chi connectivity index (χ0n) is 14.9. The number of halogens is 2. The molecule has 0 unspecified atom stereocenters. The van der Waals surface area contributed by atoms with Gasteiger partial charge >= 0.3 is 0 Å². The standard InChI is InChI=1S/C20H16Cl2N4OS/c1-12-2-6-15(7-3-12)27-10-18-16(9-23)19(24)26-20(25-18)28-11-13-4-5-14(21)8-17(13)22/h2-8H,10-11H2,1H3,(H2,24,25,26). The minimum absolute atomic E-state index is 0.119. The highest BCUT2D eigenvalue weighted by atomic mass is 35.5. The Kier molecular flexibility index (Phi) is 6.63. The van der Waals surface area contributed by atoms with Gasteiger partial charge in [-0.1, -0.05) is 58.7 Å². The van der Waals surface area contributed by atoms with Crippen LogP contribution in [0, 0.1) is 18.3 Å². The summed E-state index contributed by atoms with van der Waals surface area (Å²) in [4.78, 5) is 8.67. The number of nitrogens with two attached hydrogens (primary N) is 1. The Morgan fingerprint density at radius 1 is 1.14 bits per heavy atom. The Morgan fingerprint density at radius 3 is 2.57 bits per heavy atom. The maximum atomic E-state index is 9.39. The molecule has 0 atom stereocenters. The minimum Gasteiger partial charge on any atom is -0.487 e. The number of nitrogen functional groups attached to an aromatic ring is 1. The molecule has 0 aliphatic carbocycles. The first-order valence-corrected chi connectivity index (χ1v) is 10.0. The molecule has 3 rings (SSSR count). The smallest absolute Gasteiger partial charge is 0.190 e. The van der Waals surface area contributed by atoms with E-state index in [4.69, 9.17) is 33.7 Å². The van der Waals surface area contributed by atoms with Crippen molar-refractivity contribution >= 4 is 40.8 Å². The summed E-state index contributed by atoms with van der Waals surface area (Å²) < 4.78 is 5.75. The molecule has 0 bridgehead atoms. The zero-order chi connectivity index (χ0) is 20.1. The van der Waals surface area contributed by atoms with Crippen LogP contribution in [0.25, 0.3) is 0 Å². The van der Waals surface area contributed by atoms with Gasteiger partial charge in [0, 0.05) is 15.8 Å². The van der Waals surface area contributed by atoms with Crippen LogP contribution in [-0.2, 0) is 12.4 Å². The largest absolute Gasteiger partial charge is 0.487 e. The van der Waals surface area contributed by atoms with Crippen LogP contribution in [-0.4, -0.2) is 9.97 Å². The Morgan fingerprint density at radius 2 is 1.89 bits per heavy atom. The van der Waals surface area contributed by atoms with Gasteiger partial charge in [-0.2, -0.15) is 5.26 Å². The van der Waals surface area contributed by atoms with Crippen LogP contribution in [0.1, 0.15) is 22.4 Å². The number of anilines is 1. The lowest BCUT2D eigenvalue weighted by Gasteiger charge is -2.10. The summed E-state index contributed by atoms with van der Waals surface area (Å²) in [5.74, 6) is 1.36. The molecule has 0 saturated carbocycles. The van der Waals surface area contributed by atoms with E-state index >= 15 is 0 Å². The summed E-state index contributed by atoms with van der Waals surface area (Å²) in [6.07, 6.45) is 0. The van der Waals surface area contributed by atoms with Crippen molar-refractivity contribution < 1.29 is 4.74 Å². The second-order valence-electron chi connectivity index (χ2n) is 5.95. The molecule has 2 aromatic carbocycles. The predicted molar refractivity (Wildman–Crippen MR) is 113 cm³/mol. The molecule has 1 heterocycles. The van der Waals surface area contributed by atoms with Crippen LogP contribution in [0.4, 0.5) is 5.82 Å². The van der Waals surface area contributed by atoms with Crippen molar-refractivity contribution in [2.45, 2.75) is 24.4 Å². The number of ether oxygens (including phenoxy) is 1. The molecule has 0 saturated heterocycles. The van der Waals surface area contributed by atoms with Crippen molar-refractivity contribution in [3.63, 3.8) is 0 Å². The van der Waals surface area contributed by atoms with E-state index in [0.29, 0.717) is 32.4 Å². The fourth-order valence-corrected chi connectivity index (χ4v) is 3.79. The number of benzene rings is 2. The molecule has 0 fully saturated rings. The first-order valence-electron chi connectivity index (χ1n) is 8.29. The molecule has 0 radical (unpaired) electrons. The van der Waals surface area contributed by atoms with Gasteiger partial charge in [0.05, 0.1) is 0 Å². The lowest BCUT2D eigenvalue weighted by atomic mass is 10.2. The summed E-state index contributed by atoms with van der Waals surface area (Å²) >= 11 is 13.5. The number of rotatable bonds is 6. The van der Waals surface area contributed by atoms with E-state index < -0.39 is 0 Å². The summed E-state index contributed by atoms with van der Waals surface area (Å²) in [6, 6.07) is 15.0. The molecule has 142 valence electrons. The van der Waals surface area contributed by atoms with E-state index in [1.807, 2.05) is 37.3 Å². The van der Waals surface area contributed by atoms with Crippen molar-refractivity contribution in [1.29, 1.82) is 5.26 Å². The highest BCUT2D eigenvalue weighted by molar-refractivity contribution is 7.98. The van der Waals surface area contributed by atoms with Gasteiger partial charge in [-0.05, 0) is 36.8 Å². The summed E-state index contributed by atoms with van der Waals surface area (Å²) in [5.41, 5.74) is 8.66. The normalized spacial score (nSPS) is 10.5. The van der Waals surface area contributed by atoms with Crippen molar-refractivity contribution in [3.8, 4) is 11.8 Å². The third-order valence-corrected chi connectivity index (χ3v) is 5.35. The van der Waals surface area contributed by atoms with Crippen molar-refractivity contribution in [2.75, 3.05) is 5.73 Å². The first-order chi connectivity index (χ1) is 13.5. The van der Waals surface area contributed by atoms with Crippen LogP contribution in [0.3, 0.4) is 0 Å². The maximum absolute atomic E-state index is 9.39. The molecule has 3 aromatic rings. The third kappa shape index (κ3) is 5.08. The highest BCUT2D eigenvalue weighted by Gasteiger charge is 2.14. The Labute approximate surface area is 177 Å². The predicted octanol–water partition coefficient (Wildman–Crippen LogP) is 5.42. The van der Waals surface area contributed by atoms with Gasteiger partial charge in [-0.25, -0.2) is 9.97 Å². The molecule has 0 spiro atoms. The second kappa shape index (κ2) is 9.16. The van der Waals surface area contributed by atoms with Crippen molar-refractivity contribution in [3.05, 3.63) is 74.9 Å². The fourth-order valence-electron chi connectivity index (χ4n) is 2.36. The number of hydrogen-bond donors (Lipinski definition) is 1. The van der Waals surface area contributed by atoms with Gasteiger partial charge in [0.2, 0.25) is 0 Å². The average Bonchev–Trinajstić information content (AvgIpc) is 2.66. The Bertz CT molecular complexity index is 1040. The Hall–Kier alpha value is -2.46. The van der Waals surface area contributed by atoms with Gasteiger partial charge in [0.1, 0.15) is 35.5 Å². The minimum atomic E-state index is 0.119. The quantitative estimate of drug-likeness (QED) is 0.415. The van der Waals surface area contributed by atoms with Crippen LogP contribution < -0.4 is 10.5 Å². The summed E-state index contributed by atoms with van der Waals surface area (Å²) in [5, 5.41) is 11.0. The van der Waals surface area contributed by atoms with Crippen molar-refractivity contribution in [1.82, 2.24) is 9.97 Å². The van der Waals surface area contributed by atoms with E-state index in [1.54, 1.807) is 12.1 Å². The molecule has 0 aliphatic rings. The van der Waals surface area contributed by atoms with Gasteiger partial charge in [-0.15, -0.1) is 0 Å². The van der Waals surface area contributed by atoms with Gasteiger partial charge in [0.15, 0.2) is 5.16 Å². The average molecular weight is 431 g/mol. The van der Waals surface area contributed by atoms with Crippen LogP contribution in [0.5, 0.6) is 5.75 Å². The first kappa shape index (κ1) is 20.3. The molecular weight excluding hydrogens is 415 g/mol. The Balaban J connectivity index is 1.77. The van der Waals surface area contributed by atoms with E-state index in [0.717, 1.165) is 11.1 Å². The SMILES string of the molecule is Cc1ccc(OCc2nc(SCc3ccc(Cl)cc3Cl)nc(N)c2C#N)cc1. The van der Waals surface area contributed by atoms with E-state index in [1.165, 1.54) is 11.8 Å². The molecule has 28 heavy (non-hydrogen) atoms. The summed E-state index contributed by atoms with van der Waals surface area (Å²) in [7, 11) is 0. The number of nitriles is 1. The summed E-state index contributed by atoms with van der Waals surface area (Å²) in [6.45, 7) is 2.12. The molecular formula is C20H16Cl2N4OS. The van der Waals surface area contributed by atoms with E-state index in [-0.39, 0.29) is 18.0 Å². The van der Waals surface area contributed by atoms with E-state index in [9.17, 15) is 5.26 Å². The molecule has 1 aromatic heterocycles. The maximum Gasteiger partial charge on any atom is 0.190 e. The lowest BCUT2D eigenvalue weighted by Crippen LogP contribution is -2.08. The zero-order valence-corrected chi connectivity index (χ0v) is 17.3. The second-order valence-corrected chi connectivity index (χ2v) is 7.74. The van der Waals surface area contributed by atoms with Gasteiger partial charge in [0.25, 0.3) is 0 Å². The topological polar surface area (TPSA) is 84.8 Å². The van der Waals surface area contributed by atoms with Gasteiger partial charge < -0.3 is 10.5 Å². The third-order valence-electron chi connectivity index (χ3n) is 3.87. The molecule has 8 heteroatoms.